The minimum absolute atomic E-state index is 0.674. The molecule has 3 heteroatoms. The molecule has 0 aliphatic rings. The molecular formula is C12H15NO2. The maximum Gasteiger partial charge on any atom is 0.134 e. The number of hydrogen-bond donors (Lipinski definition) is 2. The fourth-order valence-electron chi connectivity index (χ4n) is 1.61. The topological polar surface area (TPSA) is 59.4 Å². The van der Waals surface area contributed by atoms with Crippen molar-refractivity contribution in [3.05, 3.63) is 36.1 Å². The lowest BCUT2D eigenvalue weighted by molar-refractivity contribution is 0.105. The maximum atomic E-state index is 10.1. The van der Waals surface area contributed by atoms with Gasteiger partial charge in [0.05, 0.1) is 6.26 Å². The van der Waals surface area contributed by atoms with Gasteiger partial charge in [-0.05, 0) is 19.9 Å². The second kappa shape index (κ2) is 3.36. The molecule has 1 aromatic carbocycles. The van der Waals surface area contributed by atoms with E-state index in [-0.39, 0.29) is 0 Å². The normalized spacial score (nSPS) is 14.4. The molecule has 2 aromatic rings. The van der Waals surface area contributed by atoms with Crippen LogP contribution < -0.4 is 5.73 Å². The lowest BCUT2D eigenvalue weighted by atomic mass is 9.92. The van der Waals surface area contributed by atoms with Crippen LogP contribution in [0.1, 0.15) is 25.5 Å². The molecular weight excluding hydrogens is 190 g/mol. The molecule has 0 saturated heterocycles. The molecule has 1 aromatic heterocycles. The third-order valence-corrected chi connectivity index (χ3v) is 2.51. The van der Waals surface area contributed by atoms with E-state index in [1.54, 1.807) is 20.1 Å². The molecule has 1 atom stereocenters. The van der Waals surface area contributed by atoms with Gasteiger partial charge in [-0.1, -0.05) is 18.2 Å². The van der Waals surface area contributed by atoms with E-state index in [2.05, 4.69) is 0 Å². The average molecular weight is 205 g/mol. The van der Waals surface area contributed by atoms with Crippen molar-refractivity contribution in [2.45, 2.75) is 25.5 Å². The zero-order valence-corrected chi connectivity index (χ0v) is 8.90. The second-order valence-corrected chi connectivity index (χ2v) is 4.41. The predicted octanol–water partition coefficient (Wildman–Crippen LogP) is 2.20. The molecule has 0 fully saturated rings. The standard InChI is InChI=1S/C12H15NO2/c1-12(2,13)11(14)9-7-15-10-6-4-3-5-8(9)10/h3-7,11,14H,13H2,1-2H3. The molecule has 0 aliphatic heterocycles. The lowest BCUT2D eigenvalue weighted by Crippen LogP contribution is -2.39. The third-order valence-electron chi connectivity index (χ3n) is 2.51. The summed E-state index contributed by atoms with van der Waals surface area (Å²) in [5.74, 6) is 0. The van der Waals surface area contributed by atoms with Gasteiger partial charge in [0, 0.05) is 16.5 Å². The second-order valence-electron chi connectivity index (χ2n) is 4.41. The van der Waals surface area contributed by atoms with Crippen LogP contribution in [0.15, 0.2) is 34.9 Å². The quantitative estimate of drug-likeness (QED) is 0.790. The van der Waals surface area contributed by atoms with Crippen molar-refractivity contribution in [1.82, 2.24) is 0 Å². The number of aliphatic hydroxyl groups is 1. The van der Waals surface area contributed by atoms with Crippen LogP contribution in [0.25, 0.3) is 11.0 Å². The number of para-hydroxylation sites is 1. The third kappa shape index (κ3) is 1.76. The minimum Gasteiger partial charge on any atom is -0.464 e. The van der Waals surface area contributed by atoms with E-state index in [0.717, 1.165) is 16.5 Å². The van der Waals surface area contributed by atoms with Gasteiger partial charge in [0.25, 0.3) is 0 Å². The van der Waals surface area contributed by atoms with Gasteiger partial charge in [0.1, 0.15) is 11.7 Å². The molecule has 1 heterocycles. The Labute approximate surface area is 88.5 Å². The van der Waals surface area contributed by atoms with Crippen LogP contribution >= 0.6 is 0 Å². The van der Waals surface area contributed by atoms with Crippen LogP contribution in [0.3, 0.4) is 0 Å². The van der Waals surface area contributed by atoms with Crippen LogP contribution in [-0.4, -0.2) is 10.6 Å². The van der Waals surface area contributed by atoms with Gasteiger partial charge in [0.2, 0.25) is 0 Å². The molecule has 0 spiro atoms. The zero-order chi connectivity index (χ0) is 11.1. The number of benzene rings is 1. The van der Waals surface area contributed by atoms with Crippen molar-refractivity contribution in [2.24, 2.45) is 5.73 Å². The Balaban J connectivity index is 2.53. The Hall–Kier alpha value is -1.32. The van der Waals surface area contributed by atoms with Crippen LogP contribution in [0.5, 0.6) is 0 Å². The SMILES string of the molecule is CC(C)(N)C(O)c1coc2ccccc12. The molecule has 0 amide bonds. The molecule has 2 rings (SSSR count). The van der Waals surface area contributed by atoms with Crippen LogP contribution in [0.4, 0.5) is 0 Å². The Bertz CT molecular complexity index is 468. The summed E-state index contributed by atoms with van der Waals surface area (Å²) < 4.78 is 5.35. The molecule has 3 nitrogen and oxygen atoms in total. The van der Waals surface area contributed by atoms with Crippen LogP contribution in [0, 0.1) is 0 Å². The lowest BCUT2D eigenvalue weighted by Gasteiger charge is -2.25. The molecule has 15 heavy (non-hydrogen) atoms. The summed E-state index contributed by atoms with van der Waals surface area (Å²) >= 11 is 0. The van der Waals surface area contributed by atoms with Crippen molar-refractivity contribution < 1.29 is 9.52 Å². The van der Waals surface area contributed by atoms with Crippen molar-refractivity contribution in [1.29, 1.82) is 0 Å². The number of furan rings is 1. The molecule has 0 saturated carbocycles. The number of nitrogens with two attached hydrogens (primary N) is 1. The van der Waals surface area contributed by atoms with Gasteiger partial charge in [-0.15, -0.1) is 0 Å². The Morgan fingerprint density at radius 1 is 1.33 bits per heavy atom. The molecule has 3 N–H and O–H groups in total. The van der Waals surface area contributed by atoms with E-state index >= 15 is 0 Å². The highest BCUT2D eigenvalue weighted by atomic mass is 16.3. The smallest absolute Gasteiger partial charge is 0.134 e. The highest BCUT2D eigenvalue weighted by Gasteiger charge is 2.27. The van der Waals surface area contributed by atoms with Crippen molar-refractivity contribution >= 4 is 11.0 Å². The van der Waals surface area contributed by atoms with Gasteiger partial charge >= 0.3 is 0 Å². The van der Waals surface area contributed by atoms with Gasteiger partial charge in [-0.2, -0.15) is 0 Å². The summed E-state index contributed by atoms with van der Waals surface area (Å²) in [4.78, 5) is 0. The monoisotopic (exact) mass is 205 g/mol. The predicted molar refractivity (Wildman–Crippen MR) is 59.4 cm³/mol. The first-order valence-corrected chi connectivity index (χ1v) is 4.93. The Morgan fingerprint density at radius 3 is 2.67 bits per heavy atom. The van der Waals surface area contributed by atoms with E-state index in [0.29, 0.717) is 0 Å². The molecule has 0 aliphatic carbocycles. The van der Waals surface area contributed by atoms with Gasteiger partial charge in [-0.3, -0.25) is 0 Å². The number of aliphatic hydroxyl groups excluding tert-OH is 1. The average Bonchev–Trinajstić information content (AvgIpc) is 2.58. The summed E-state index contributed by atoms with van der Waals surface area (Å²) in [5.41, 5.74) is 6.72. The molecule has 0 radical (unpaired) electrons. The van der Waals surface area contributed by atoms with E-state index < -0.39 is 11.6 Å². The van der Waals surface area contributed by atoms with Crippen molar-refractivity contribution in [2.75, 3.05) is 0 Å². The first-order valence-electron chi connectivity index (χ1n) is 4.93. The van der Waals surface area contributed by atoms with E-state index in [4.69, 9.17) is 10.2 Å². The molecule has 80 valence electrons. The van der Waals surface area contributed by atoms with Crippen molar-refractivity contribution in [3.8, 4) is 0 Å². The molecule has 1 unspecified atom stereocenters. The fourth-order valence-corrected chi connectivity index (χ4v) is 1.61. The van der Waals surface area contributed by atoms with E-state index in [9.17, 15) is 5.11 Å². The fraction of sp³-hybridized carbons (Fsp3) is 0.333. The molecule has 0 bridgehead atoms. The number of rotatable bonds is 2. The number of fused-ring (bicyclic) bond motifs is 1. The van der Waals surface area contributed by atoms with Gasteiger partial charge in [0.15, 0.2) is 0 Å². The van der Waals surface area contributed by atoms with E-state index in [1.807, 2.05) is 24.3 Å². The minimum atomic E-state index is -0.721. The van der Waals surface area contributed by atoms with Crippen LogP contribution in [-0.2, 0) is 0 Å². The van der Waals surface area contributed by atoms with E-state index in [1.165, 1.54) is 0 Å². The summed E-state index contributed by atoms with van der Waals surface area (Å²) in [7, 11) is 0. The first-order chi connectivity index (χ1) is 7.00. The summed E-state index contributed by atoms with van der Waals surface area (Å²) in [6.45, 7) is 3.58. The Kier molecular flexibility index (Phi) is 2.29. The van der Waals surface area contributed by atoms with Crippen LogP contribution in [0.2, 0.25) is 0 Å². The summed E-state index contributed by atoms with van der Waals surface area (Å²) in [6, 6.07) is 7.60. The van der Waals surface area contributed by atoms with Gasteiger partial charge in [-0.25, -0.2) is 0 Å². The zero-order valence-electron chi connectivity index (χ0n) is 8.90. The van der Waals surface area contributed by atoms with Gasteiger partial charge < -0.3 is 15.3 Å². The Morgan fingerprint density at radius 2 is 2.00 bits per heavy atom. The number of hydrogen-bond acceptors (Lipinski definition) is 3. The largest absolute Gasteiger partial charge is 0.464 e. The van der Waals surface area contributed by atoms with Crippen molar-refractivity contribution in [3.63, 3.8) is 0 Å². The highest BCUT2D eigenvalue weighted by molar-refractivity contribution is 5.81. The summed E-state index contributed by atoms with van der Waals surface area (Å²) in [5, 5.41) is 11.0. The summed E-state index contributed by atoms with van der Waals surface area (Å²) in [6.07, 6.45) is 0.852. The first kappa shape index (κ1) is 10.2. The maximum absolute atomic E-state index is 10.1. The highest BCUT2D eigenvalue weighted by Crippen LogP contribution is 2.31.